The normalized spacial score (nSPS) is 13.1. The number of para-hydroxylation sites is 2. The van der Waals surface area contributed by atoms with E-state index >= 15 is 0 Å². The highest BCUT2D eigenvalue weighted by Gasteiger charge is 2.37. The summed E-state index contributed by atoms with van der Waals surface area (Å²) in [5, 5.41) is 12.3. The Morgan fingerprint density at radius 1 is 0.581 bits per heavy atom. The minimum absolute atomic E-state index is 0.394. The summed E-state index contributed by atoms with van der Waals surface area (Å²) in [6, 6.07) is 37.5. The van der Waals surface area contributed by atoms with Crippen LogP contribution in [0.15, 0.2) is 115 Å². The summed E-state index contributed by atoms with van der Waals surface area (Å²) in [6.07, 6.45) is 0.394. The Kier molecular flexibility index (Phi) is 5.03. The Morgan fingerprint density at radius 3 is 1.74 bits per heavy atom. The first-order chi connectivity index (χ1) is 15.2. The minimum Gasteiger partial charge on any atom is -0.378 e. The Bertz CT molecular complexity index is 1300. The fraction of sp³-hybridized carbons (Fsp3) is 0.0714. The molecule has 0 spiro atoms. The molecule has 0 aliphatic rings. The molecule has 0 saturated carbocycles. The van der Waals surface area contributed by atoms with Crippen LogP contribution >= 0.6 is 0 Å². The molecule has 0 fully saturated rings. The second-order valence-corrected chi connectivity index (χ2v) is 7.66. The summed E-state index contributed by atoms with van der Waals surface area (Å²) >= 11 is 0. The highest BCUT2D eigenvalue weighted by Crippen LogP contribution is 2.38. The molecule has 0 aliphatic heterocycles. The van der Waals surface area contributed by atoms with Crippen LogP contribution in [-0.4, -0.2) is 15.1 Å². The quantitative estimate of drug-likeness (QED) is 0.406. The number of hydrogen-bond donors (Lipinski definition) is 1. The van der Waals surface area contributed by atoms with E-state index < -0.39 is 5.60 Å². The first-order valence-electron chi connectivity index (χ1n) is 10.4. The number of aliphatic hydroxyl groups is 1. The largest absolute Gasteiger partial charge is 0.378 e. The predicted molar refractivity (Wildman–Crippen MR) is 125 cm³/mol. The fourth-order valence-corrected chi connectivity index (χ4v) is 4.01. The molecule has 1 N–H and O–H groups in total. The van der Waals surface area contributed by atoms with Crippen molar-refractivity contribution in [3.8, 4) is 11.3 Å². The van der Waals surface area contributed by atoms with E-state index in [9.17, 15) is 5.11 Å². The third-order valence-corrected chi connectivity index (χ3v) is 5.56. The molecule has 0 radical (unpaired) electrons. The van der Waals surface area contributed by atoms with E-state index in [0.717, 1.165) is 27.7 Å². The molecule has 5 rings (SSSR count). The van der Waals surface area contributed by atoms with Crippen molar-refractivity contribution in [2.24, 2.45) is 0 Å². The smallest absolute Gasteiger partial charge is 0.138 e. The van der Waals surface area contributed by atoms with Crippen LogP contribution in [-0.2, 0) is 12.0 Å². The van der Waals surface area contributed by atoms with Crippen LogP contribution in [0.5, 0.6) is 0 Å². The average Bonchev–Trinajstić information content (AvgIpc) is 2.85. The number of benzene rings is 4. The van der Waals surface area contributed by atoms with E-state index in [1.165, 1.54) is 0 Å². The van der Waals surface area contributed by atoms with Gasteiger partial charge in [-0.2, -0.15) is 0 Å². The van der Waals surface area contributed by atoms with Crippen LogP contribution < -0.4 is 0 Å². The lowest BCUT2D eigenvalue weighted by Crippen LogP contribution is -2.32. The molecular formula is C28H22N2O. The van der Waals surface area contributed by atoms with Gasteiger partial charge in [-0.05, 0) is 23.3 Å². The number of rotatable bonds is 5. The summed E-state index contributed by atoms with van der Waals surface area (Å²) < 4.78 is 0. The number of aromatic nitrogens is 2. The number of fused-ring (bicyclic) bond motifs is 1. The van der Waals surface area contributed by atoms with E-state index in [1.807, 2.05) is 115 Å². The van der Waals surface area contributed by atoms with E-state index in [1.54, 1.807) is 0 Å². The van der Waals surface area contributed by atoms with E-state index in [0.29, 0.717) is 17.8 Å². The maximum absolute atomic E-state index is 12.3. The van der Waals surface area contributed by atoms with E-state index in [4.69, 9.17) is 9.97 Å². The van der Waals surface area contributed by atoms with Gasteiger partial charge in [-0.15, -0.1) is 0 Å². The number of nitrogens with zero attached hydrogens (tertiary/aromatic N) is 2. The topological polar surface area (TPSA) is 46.0 Å². The van der Waals surface area contributed by atoms with Gasteiger partial charge in [0.1, 0.15) is 11.3 Å². The van der Waals surface area contributed by atoms with Gasteiger partial charge in [0.15, 0.2) is 0 Å². The van der Waals surface area contributed by atoms with Gasteiger partial charge >= 0.3 is 0 Å². The standard InChI is InChI=1S/C28H22N2O/c31-28(23-16-8-3-9-17-23,20-21-12-4-1-5-13-21)27-26(22-14-6-2-7-15-22)29-24-18-10-11-19-25(24)30-27/h1-19,31H,20H2. The first kappa shape index (κ1) is 19.2. The Hall–Kier alpha value is -3.82. The molecule has 5 aromatic rings. The van der Waals surface area contributed by atoms with Crippen molar-refractivity contribution in [2.45, 2.75) is 12.0 Å². The SMILES string of the molecule is OC(Cc1ccccc1)(c1ccccc1)c1nc2ccccc2nc1-c1ccccc1. The van der Waals surface area contributed by atoms with Crippen LogP contribution in [0, 0.1) is 0 Å². The summed E-state index contributed by atoms with van der Waals surface area (Å²) in [7, 11) is 0. The van der Waals surface area contributed by atoms with Gasteiger partial charge in [-0.3, -0.25) is 0 Å². The maximum Gasteiger partial charge on any atom is 0.138 e. The van der Waals surface area contributed by atoms with E-state index in [-0.39, 0.29) is 0 Å². The molecule has 1 heterocycles. The molecule has 31 heavy (non-hydrogen) atoms. The zero-order chi connectivity index (χ0) is 21.1. The van der Waals surface area contributed by atoms with Gasteiger partial charge < -0.3 is 5.11 Å². The Morgan fingerprint density at radius 2 is 1.10 bits per heavy atom. The summed E-state index contributed by atoms with van der Waals surface area (Å²) in [4.78, 5) is 9.94. The van der Waals surface area contributed by atoms with Gasteiger partial charge in [0.2, 0.25) is 0 Å². The minimum atomic E-state index is -1.34. The van der Waals surface area contributed by atoms with Crippen molar-refractivity contribution in [1.82, 2.24) is 9.97 Å². The fourth-order valence-electron chi connectivity index (χ4n) is 4.01. The van der Waals surface area contributed by atoms with E-state index in [2.05, 4.69) is 0 Å². The zero-order valence-electron chi connectivity index (χ0n) is 17.0. The third-order valence-electron chi connectivity index (χ3n) is 5.56. The second-order valence-electron chi connectivity index (χ2n) is 7.66. The molecule has 3 nitrogen and oxygen atoms in total. The molecule has 3 heteroatoms. The summed E-state index contributed by atoms with van der Waals surface area (Å²) in [6.45, 7) is 0. The molecule has 1 atom stereocenters. The van der Waals surface area contributed by atoms with Gasteiger partial charge in [-0.25, -0.2) is 9.97 Å². The van der Waals surface area contributed by atoms with Crippen LogP contribution in [0.3, 0.4) is 0 Å². The van der Waals surface area contributed by atoms with Gasteiger partial charge in [-0.1, -0.05) is 103 Å². The molecular weight excluding hydrogens is 380 g/mol. The van der Waals surface area contributed by atoms with Crippen molar-refractivity contribution in [2.75, 3.05) is 0 Å². The molecule has 0 aliphatic carbocycles. The summed E-state index contributed by atoms with van der Waals surface area (Å²) in [5.74, 6) is 0. The van der Waals surface area contributed by atoms with Crippen LogP contribution in [0.4, 0.5) is 0 Å². The Labute approximate surface area is 181 Å². The van der Waals surface area contributed by atoms with Crippen molar-refractivity contribution in [3.63, 3.8) is 0 Å². The van der Waals surface area contributed by atoms with Crippen LogP contribution in [0.1, 0.15) is 16.8 Å². The molecule has 0 bridgehead atoms. The zero-order valence-corrected chi connectivity index (χ0v) is 17.0. The Balaban J connectivity index is 1.80. The first-order valence-corrected chi connectivity index (χ1v) is 10.4. The van der Waals surface area contributed by atoms with Crippen molar-refractivity contribution >= 4 is 11.0 Å². The molecule has 0 amide bonds. The predicted octanol–water partition coefficient (Wildman–Crippen LogP) is 5.78. The third kappa shape index (κ3) is 3.72. The molecule has 150 valence electrons. The second kappa shape index (κ2) is 8.13. The lowest BCUT2D eigenvalue weighted by atomic mass is 9.82. The van der Waals surface area contributed by atoms with Gasteiger partial charge in [0.25, 0.3) is 0 Å². The highest BCUT2D eigenvalue weighted by atomic mass is 16.3. The summed E-state index contributed by atoms with van der Waals surface area (Å²) in [5.41, 5.74) is 4.24. The van der Waals surface area contributed by atoms with Gasteiger partial charge in [0, 0.05) is 12.0 Å². The van der Waals surface area contributed by atoms with Crippen LogP contribution in [0.2, 0.25) is 0 Å². The monoisotopic (exact) mass is 402 g/mol. The highest BCUT2D eigenvalue weighted by molar-refractivity contribution is 5.79. The lowest BCUT2D eigenvalue weighted by Gasteiger charge is -2.30. The molecule has 0 saturated heterocycles. The maximum atomic E-state index is 12.3. The van der Waals surface area contributed by atoms with Gasteiger partial charge in [0.05, 0.1) is 16.7 Å². The molecule has 1 aromatic heterocycles. The number of hydrogen-bond acceptors (Lipinski definition) is 3. The van der Waals surface area contributed by atoms with Crippen LogP contribution in [0.25, 0.3) is 22.3 Å². The van der Waals surface area contributed by atoms with Crippen molar-refractivity contribution < 1.29 is 5.11 Å². The van der Waals surface area contributed by atoms with Crippen molar-refractivity contribution in [1.29, 1.82) is 0 Å². The molecule has 1 unspecified atom stereocenters. The average molecular weight is 402 g/mol. The molecule has 4 aromatic carbocycles. The lowest BCUT2D eigenvalue weighted by molar-refractivity contribution is 0.0771. The van der Waals surface area contributed by atoms with Crippen molar-refractivity contribution in [3.05, 3.63) is 132 Å².